The third-order valence-corrected chi connectivity index (χ3v) is 5.23. The van der Waals surface area contributed by atoms with Crippen LogP contribution in [0.4, 0.5) is 5.82 Å². The van der Waals surface area contributed by atoms with Crippen LogP contribution in [-0.4, -0.2) is 33.4 Å². The van der Waals surface area contributed by atoms with E-state index in [1.54, 1.807) is 23.1 Å². The summed E-state index contributed by atoms with van der Waals surface area (Å²) >= 11 is 0. The molecule has 1 saturated carbocycles. The van der Waals surface area contributed by atoms with Crippen molar-refractivity contribution in [3.8, 4) is 16.9 Å². The van der Waals surface area contributed by atoms with E-state index in [4.69, 9.17) is 15.2 Å². The van der Waals surface area contributed by atoms with Crippen LogP contribution in [0.15, 0.2) is 55.0 Å². The second-order valence-corrected chi connectivity index (χ2v) is 7.32. The summed E-state index contributed by atoms with van der Waals surface area (Å²) in [7, 11) is 1.83. The molecule has 2 atom stereocenters. The number of rotatable bonds is 6. The van der Waals surface area contributed by atoms with Crippen molar-refractivity contribution >= 4 is 11.8 Å². The van der Waals surface area contributed by atoms with Crippen LogP contribution in [0.2, 0.25) is 0 Å². The molecule has 1 aliphatic rings. The fourth-order valence-corrected chi connectivity index (χ4v) is 3.64. The number of benzene rings is 1. The van der Waals surface area contributed by atoms with Gasteiger partial charge in [0.1, 0.15) is 23.2 Å². The minimum absolute atomic E-state index is 0.162. The zero-order valence-electron chi connectivity index (χ0n) is 16.3. The van der Waals surface area contributed by atoms with Crippen LogP contribution in [0.3, 0.4) is 0 Å². The van der Waals surface area contributed by atoms with Crippen molar-refractivity contribution in [1.82, 2.24) is 14.8 Å². The monoisotopic (exact) mass is 392 g/mol. The molecule has 7 heteroatoms. The lowest BCUT2D eigenvalue weighted by Gasteiger charge is -2.21. The predicted molar refractivity (Wildman–Crippen MR) is 109 cm³/mol. The summed E-state index contributed by atoms with van der Waals surface area (Å²) < 4.78 is 13.4. The Morgan fingerprint density at radius 1 is 1.21 bits per heavy atom. The number of nitrogens with zero attached hydrogens (tertiary/aromatic N) is 3. The molecule has 29 heavy (non-hydrogen) atoms. The molecule has 0 radical (unpaired) electrons. The minimum atomic E-state index is -0.447. The number of carbonyl (C=O) groups excluding carboxylic acids is 1. The van der Waals surface area contributed by atoms with E-state index in [9.17, 15) is 4.79 Å². The van der Waals surface area contributed by atoms with Gasteiger partial charge in [0.05, 0.1) is 12.8 Å². The molecule has 0 saturated heterocycles. The van der Waals surface area contributed by atoms with Crippen molar-refractivity contribution in [2.24, 2.45) is 13.0 Å². The summed E-state index contributed by atoms with van der Waals surface area (Å²) in [5.74, 6) is 0.701. The molecule has 0 unspecified atom stereocenters. The number of hydrogen-bond donors (Lipinski definition) is 1. The fraction of sp³-hybridized carbons (Fsp3) is 0.318. The van der Waals surface area contributed by atoms with Crippen LogP contribution >= 0.6 is 0 Å². The Hall–Kier alpha value is -3.35. The Balaban J connectivity index is 1.44. The number of aromatic nitrogens is 3. The molecule has 4 rings (SSSR count). The lowest BCUT2D eigenvalue weighted by atomic mass is 10.1. The van der Waals surface area contributed by atoms with Gasteiger partial charge in [0, 0.05) is 36.5 Å². The lowest BCUT2D eigenvalue weighted by Crippen LogP contribution is -2.27. The number of para-hydroxylation sites is 1. The van der Waals surface area contributed by atoms with Crippen molar-refractivity contribution in [3.05, 3.63) is 60.6 Å². The van der Waals surface area contributed by atoms with E-state index >= 15 is 0 Å². The second kappa shape index (κ2) is 8.34. The van der Waals surface area contributed by atoms with E-state index in [2.05, 4.69) is 10.1 Å². The molecular weight excluding hydrogens is 368 g/mol. The fourth-order valence-electron chi connectivity index (χ4n) is 3.64. The molecule has 1 aromatic carbocycles. The number of nitrogen functional groups attached to an aromatic ring is 1. The molecule has 150 valence electrons. The first-order chi connectivity index (χ1) is 14.1. The summed E-state index contributed by atoms with van der Waals surface area (Å²) in [5.41, 5.74) is 7.88. The van der Waals surface area contributed by atoms with Gasteiger partial charge in [-0.25, -0.2) is 9.78 Å². The quantitative estimate of drug-likeness (QED) is 0.646. The van der Waals surface area contributed by atoms with Gasteiger partial charge in [0.15, 0.2) is 0 Å². The zero-order valence-corrected chi connectivity index (χ0v) is 16.3. The average molecular weight is 392 g/mol. The van der Waals surface area contributed by atoms with Crippen LogP contribution in [0.1, 0.15) is 29.6 Å². The number of ether oxygens (including phenoxy) is 2. The Morgan fingerprint density at radius 3 is 2.79 bits per heavy atom. The Bertz CT molecular complexity index is 987. The zero-order chi connectivity index (χ0) is 20.2. The molecule has 0 amide bonds. The highest BCUT2D eigenvalue weighted by Crippen LogP contribution is 2.31. The second-order valence-electron chi connectivity index (χ2n) is 7.32. The van der Waals surface area contributed by atoms with Gasteiger partial charge in [-0.1, -0.05) is 18.2 Å². The normalized spacial score (nSPS) is 18.5. The van der Waals surface area contributed by atoms with E-state index in [1.165, 1.54) is 0 Å². The summed E-state index contributed by atoms with van der Waals surface area (Å²) in [4.78, 5) is 17.0. The van der Waals surface area contributed by atoms with E-state index in [1.807, 2.05) is 43.6 Å². The van der Waals surface area contributed by atoms with Crippen molar-refractivity contribution in [3.63, 3.8) is 0 Å². The van der Waals surface area contributed by atoms with E-state index in [0.29, 0.717) is 6.61 Å². The summed E-state index contributed by atoms with van der Waals surface area (Å²) in [6, 6.07) is 11.4. The van der Waals surface area contributed by atoms with Crippen molar-refractivity contribution in [2.45, 2.75) is 25.4 Å². The maximum Gasteiger partial charge on any atom is 0.342 e. The van der Waals surface area contributed by atoms with Crippen LogP contribution < -0.4 is 10.5 Å². The number of hydrogen-bond acceptors (Lipinski definition) is 6. The Morgan fingerprint density at radius 2 is 2.03 bits per heavy atom. The molecule has 0 aliphatic heterocycles. The lowest BCUT2D eigenvalue weighted by molar-refractivity contribution is 0.0148. The topological polar surface area (TPSA) is 92.3 Å². The highest BCUT2D eigenvalue weighted by atomic mass is 16.5. The van der Waals surface area contributed by atoms with Gasteiger partial charge in [-0.2, -0.15) is 5.10 Å². The molecule has 1 fully saturated rings. The average Bonchev–Trinajstić information content (AvgIpc) is 3.36. The maximum atomic E-state index is 12.8. The molecule has 1 aliphatic carbocycles. The van der Waals surface area contributed by atoms with Gasteiger partial charge in [-0.05, 0) is 37.5 Å². The van der Waals surface area contributed by atoms with Gasteiger partial charge >= 0.3 is 5.97 Å². The third-order valence-electron chi connectivity index (χ3n) is 5.23. The highest BCUT2D eigenvalue weighted by Gasteiger charge is 2.32. The molecule has 0 spiro atoms. The number of carbonyl (C=O) groups is 1. The minimum Gasteiger partial charge on any atom is -0.493 e. The SMILES string of the molecule is Cn1cc(-c2cnc(N)c(C(=O)O[C@H]3CCC[C@@H]3COc3ccccc3)c2)cn1. The molecule has 3 aromatic rings. The molecule has 0 bridgehead atoms. The van der Waals surface area contributed by atoms with Crippen LogP contribution in [0, 0.1) is 5.92 Å². The van der Waals surface area contributed by atoms with Gasteiger partial charge in [-0.3, -0.25) is 4.68 Å². The number of esters is 1. The van der Waals surface area contributed by atoms with Gasteiger partial charge in [0.2, 0.25) is 0 Å². The number of aryl methyl sites for hydroxylation is 1. The van der Waals surface area contributed by atoms with Gasteiger partial charge in [-0.15, -0.1) is 0 Å². The van der Waals surface area contributed by atoms with E-state index in [0.717, 1.165) is 36.1 Å². The van der Waals surface area contributed by atoms with Crippen LogP contribution in [-0.2, 0) is 11.8 Å². The predicted octanol–water partition coefficient (Wildman–Crippen LogP) is 3.47. The first-order valence-electron chi connectivity index (χ1n) is 9.73. The Labute approximate surface area is 169 Å². The van der Waals surface area contributed by atoms with Gasteiger partial charge in [0.25, 0.3) is 0 Å². The molecule has 2 N–H and O–H groups in total. The van der Waals surface area contributed by atoms with Crippen molar-refractivity contribution < 1.29 is 14.3 Å². The highest BCUT2D eigenvalue weighted by molar-refractivity contribution is 5.95. The van der Waals surface area contributed by atoms with Crippen LogP contribution in [0.25, 0.3) is 11.1 Å². The third kappa shape index (κ3) is 4.39. The summed E-state index contributed by atoms with van der Waals surface area (Å²) in [6.45, 7) is 0.519. The standard InChI is InChI=1S/C22H24N4O3/c1-26-13-17(12-25-26)16-10-19(21(23)24-11-16)22(27)29-20-9-5-6-15(20)14-28-18-7-3-2-4-8-18/h2-4,7-8,10-13,15,20H,5-6,9,14H2,1H3,(H2,23,24)/t15-,20+/m1/s1. The molecule has 2 aromatic heterocycles. The number of anilines is 1. The van der Waals surface area contributed by atoms with Gasteiger partial charge < -0.3 is 15.2 Å². The van der Waals surface area contributed by atoms with Crippen molar-refractivity contribution in [2.75, 3.05) is 12.3 Å². The largest absolute Gasteiger partial charge is 0.493 e. The van der Waals surface area contributed by atoms with Crippen LogP contribution in [0.5, 0.6) is 5.75 Å². The smallest absolute Gasteiger partial charge is 0.342 e. The Kier molecular flexibility index (Phi) is 5.46. The molecule has 2 heterocycles. The number of nitrogens with two attached hydrogens (primary N) is 1. The summed E-state index contributed by atoms with van der Waals surface area (Å²) in [6.07, 6.45) is 7.82. The first-order valence-corrected chi connectivity index (χ1v) is 9.73. The maximum absolute atomic E-state index is 12.8. The number of pyridine rings is 1. The first kappa shape index (κ1) is 19.0. The van der Waals surface area contributed by atoms with E-state index in [-0.39, 0.29) is 23.4 Å². The molecular formula is C22H24N4O3. The van der Waals surface area contributed by atoms with E-state index < -0.39 is 5.97 Å². The molecule has 7 nitrogen and oxygen atoms in total. The van der Waals surface area contributed by atoms with Crippen molar-refractivity contribution in [1.29, 1.82) is 0 Å². The summed E-state index contributed by atoms with van der Waals surface area (Å²) in [5, 5.41) is 4.16.